The first kappa shape index (κ1) is 13.9. The van der Waals surface area contributed by atoms with E-state index < -0.39 is 5.97 Å². The van der Waals surface area contributed by atoms with Crippen molar-refractivity contribution in [2.75, 3.05) is 12.3 Å². The molecule has 1 aromatic rings. The zero-order valence-electron chi connectivity index (χ0n) is 8.96. The van der Waals surface area contributed by atoms with Crippen LogP contribution in [0.15, 0.2) is 29.4 Å². The fourth-order valence-electron chi connectivity index (χ4n) is 0.895. The molecule has 7 heteroatoms. The lowest BCUT2D eigenvalue weighted by Crippen LogP contribution is -2.29. The Morgan fingerprint density at radius 3 is 2.88 bits per heavy atom. The number of hydrogen-bond acceptors (Lipinski definition) is 5. The van der Waals surface area contributed by atoms with Crippen molar-refractivity contribution < 1.29 is 14.7 Å². The van der Waals surface area contributed by atoms with E-state index in [1.807, 2.05) is 18.2 Å². The number of aromatic nitrogens is 1. The van der Waals surface area contributed by atoms with Gasteiger partial charge < -0.3 is 10.4 Å². The predicted molar refractivity (Wildman–Crippen MR) is 67.8 cm³/mol. The average Bonchev–Trinajstić information content (AvgIpc) is 2.33. The average molecular weight is 272 g/mol. The number of amides is 1. The summed E-state index contributed by atoms with van der Waals surface area (Å²) in [6, 6.07) is 5.63. The van der Waals surface area contributed by atoms with Crippen molar-refractivity contribution >= 4 is 33.5 Å². The molecular formula is C10H12N2O3S2. The maximum absolute atomic E-state index is 11.1. The summed E-state index contributed by atoms with van der Waals surface area (Å²) in [4.78, 5) is 25.5. The second-order valence-electron chi connectivity index (χ2n) is 2.99. The maximum Gasteiger partial charge on any atom is 0.322 e. The lowest BCUT2D eigenvalue weighted by Gasteiger charge is -2.01. The van der Waals surface area contributed by atoms with Gasteiger partial charge >= 0.3 is 5.97 Å². The van der Waals surface area contributed by atoms with E-state index in [4.69, 9.17) is 5.11 Å². The molecule has 0 atom stereocenters. The van der Waals surface area contributed by atoms with Gasteiger partial charge in [-0.1, -0.05) is 16.9 Å². The highest BCUT2D eigenvalue weighted by Gasteiger charge is 2.04. The van der Waals surface area contributed by atoms with Crippen molar-refractivity contribution in [3.05, 3.63) is 24.4 Å². The van der Waals surface area contributed by atoms with E-state index in [0.717, 1.165) is 5.03 Å². The molecule has 1 amide bonds. The maximum atomic E-state index is 11.1. The highest BCUT2D eigenvalue weighted by molar-refractivity contribution is 8.76. The Bertz CT molecular complexity index is 373. The fraction of sp³-hybridized carbons (Fsp3) is 0.300. The Balaban J connectivity index is 2.08. The molecule has 1 heterocycles. The zero-order chi connectivity index (χ0) is 12.5. The highest BCUT2D eigenvalue weighted by Crippen LogP contribution is 2.29. The first-order valence-corrected chi connectivity index (χ1v) is 7.19. The van der Waals surface area contributed by atoms with Gasteiger partial charge in [0.2, 0.25) is 5.91 Å². The molecule has 0 fully saturated rings. The Morgan fingerprint density at radius 2 is 2.24 bits per heavy atom. The number of carbonyl (C=O) groups is 2. The van der Waals surface area contributed by atoms with Crippen molar-refractivity contribution in [1.82, 2.24) is 10.3 Å². The second kappa shape index (κ2) is 7.97. The van der Waals surface area contributed by atoms with Gasteiger partial charge in [0.05, 0.1) is 0 Å². The summed E-state index contributed by atoms with van der Waals surface area (Å²) >= 11 is 0. The Morgan fingerprint density at radius 1 is 1.41 bits per heavy atom. The van der Waals surface area contributed by atoms with E-state index >= 15 is 0 Å². The molecule has 2 N–H and O–H groups in total. The number of hydrogen-bond donors (Lipinski definition) is 2. The van der Waals surface area contributed by atoms with E-state index in [9.17, 15) is 9.59 Å². The van der Waals surface area contributed by atoms with E-state index in [0.29, 0.717) is 12.2 Å². The summed E-state index contributed by atoms with van der Waals surface area (Å²) in [6.45, 7) is -0.323. The molecule has 0 saturated heterocycles. The summed E-state index contributed by atoms with van der Waals surface area (Å²) in [7, 11) is 3.01. The predicted octanol–water partition coefficient (Wildman–Crippen LogP) is 1.41. The van der Waals surface area contributed by atoms with Gasteiger partial charge in [-0.2, -0.15) is 0 Å². The van der Waals surface area contributed by atoms with Crippen molar-refractivity contribution in [2.45, 2.75) is 11.4 Å². The third-order valence-electron chi connectivity index (χ3n) is 1.63. The molecule has 5 nitrogen and oxygen atoms in total. The van der Waals surface area contributed by atoms with Crippen LogP contribution in [-0.2, 0) is 9.59 Å². The van der Waals surface area contributed by atoms with Gasteiger partial charge in [-0.25, -0.2) is 4.98 Å². The summed E-state index contributed by atoms with van der Waals surface area (Å²) in [5.74, 6) is -0.664. The normalized spacial score (nSPS) is 9.88. The van der Waals surface area contributed by atoms with Crippen LogP contribution in [-0.4, -0.2) is 34.3 Å². The minimum absolute atomic E-state index is 0.249. The lowest BCUT2D eigenvalue weighted by molar-refractivity contribution is -0.137. The van der Waals surface area contributed by atoms with Crippen LogP contribution in [0, 0.1) is 0 Å². The molecule has 0 bridgehead atoms. The smallest absolute Gasteiger partial charge is 0.322 e. The number of carboxylic acids is 1. The third kappa shape index (κ3) is 6.85. The minimum Gasteiger partial charge on any atom is -0.480 e. The quantitative estimate of drug-likeness (QED) is 0.577. The Hall–Kier alpha value is -1.21. The first-order chi connectivity index (χ1) is 8.18. The molecule has 1 aromatic heterocycles. The standard InChI is InChI=1S/C10H12N2O3S2/c13-8(12-7-10(14)15)4-6-16-17-9-3-1-2-5-11-9/h1-3,5H,4,6-7H2,(H,12,13)(H,14,15). The third-order valence-corrected chi connectivity index (χ3v) is 3.90. The number of rotatable bonds is 7. The Kier molecular flexibility index (Phi) is 6.49. The van der Waals surface area contributed by atoms with Crippen molar-refractivity contribution in [2.24, 2.45) is 0 Å². The summed E-state index contributed by atoms with van der Waals surface area (Å²) in [6.07, 6.45) is 2.01. The first-order valence-electron chi connectivity index (χ1n) is 4.87. The van der Waals surface area contributed by atoms with E-state index in [-0.39, 0.29) is 12.5 Å². The number of carbonyl (C=O) groups excluding carboxylic acids is 1. The number of carboxylic acid groups (broad SMARTS) is 1. The summed E-state index contributed by atoms with van der Waals surface area (Å²) in [5.41, 5.74) is 0. The monoisotopic (exact) mass is 272 g/mol. The van der Waals surface area contributed by atoms with Crippen LogP contribution in [0.2, 0.25) is 0 Å². The summed E-state index contributed by atoms with van der Waals surface area (Å²) < 4.78 is 0. The van der Waals surface area contributed by atoms with Crippen LogP contribution >= 0.6 is 21.6 Å². The van der Waals surface area contributed by atoms with Crippen molar-refractivity contribution in [3.8, 4) is 0 Å². The number of pyridine rings is 1. The van der Waals surface area contributed by atoms with E-state index in [1.165, 1.54) is 21.6 Å². The molecule has 0 saturated carbocycles. The van der Waals surface area contributed by atoms with Gasteiger partial charge in [-0.15, -0.1) is 0 Å². The molecule has 0 aliphatic rings. The summed E-state index contributed by atoms with van der Waals surface area (Å²) in [5, 5.41) is 11.5. The molecule has 17 heavy (non-hydrogen) atoms. The molecule has 92 valence electrons. The van der Waals surface area contributed by atoms with Crippen LogP contribution in [0.5, 0.6) is 0 Å². The van der Waals surface area contributed by atoms with Gasteiger partial charge in [0.15, 0.2) is 0 Å². The van der Waals surface area contributed by atoms with Gasteiger partial charge in [0, 0.05) is 18.4 Å². The van der Waals surface area contributed by atoms with Crippen LogP contribution < -0.4 is 5.32 Å². The van der Waals surface area contributed by atoms with Crippen molar-refractivity contribution in [1.29, 1.82) is 0 Å². The SMILES string of the molecule is O=C(O)CNC(=O)CCSSc1ccccn1. The highest BCUT2D eigenvalue weighted by atomic mass is 33.1. The van der Waals surface area contributed by atoms with Crippen LogP contribution in [0.4, 0.5) is 0 Å². The van der Waals surface area contributed by atoms with Gasteiger partial charge in [0.1, 0.15) is 11.6 Å². The molecule has 0 aliphatic heterocycles. The molecule has 0 spiro atoms. The number of nitrogens with zero attached hydrogens (tertiary/aromatic N) is 1. The Labute approximate surface area is 107 Å². The molecule has 1 rings (SSSR count). The van der Waals surface area contributed by atoms with Crippen LogP contribution in [0.1, 0.15) is 6.42 Å². The largest absolute Gasteiger partial charge is 0.480 e. The van der Waals surface area contributed by atoms with Crippen molar-refractivity contribution in [3.63, 3.8) is 0 Å². The van der Waals surface area contributed by atoms with Gasteiger partial charge in [-0.3, -0.25) is 9.59 Å². The van der Waals surface area contributed by atoms with Crippen LogP contribution in [0.3, 0.4) is 0 Å². The molecular weight excluding hydrogens is 260 g/mol. The number of nitrogens with one attached hydrogen (secondary N) is 1. The fourth-order valence-corrected chi connectivity index (χ4v) is 2.76. The number of aliphatic carboxylic acids is 1. The second-order valence-corrected chi connectivity index (χ2v) is 5.43. The van der Waals surface area contributed by atoms with Gasteiger partial charge in [-0.05, 0) is 22.9 Å². The van der Waals surface area contributed by atoms with Gasteiger partial charge in [0.25, 0.3) is 0 Å². The lowest BCUT2D eigenvalue weighted by atomic mass is 10.4. The van der Waals surface area contributed by atoms with Crippen LogP contribution in [0.25, 0.3) is 0 Å². The zero-order valence-corrected chi connectivity index (χ0v) is 10.6. The molecule has 0 aliphatic carbocycles. The van der Waals surface area contributed by atoms with E-state index in [2.05, 4.69) is 10.3 Å². The molecule has 0 aromatic carbocycles. The minimum atomic E-state index is -1.03. The molecule has 0 radical (unpaired) electrons. The van der Waals surface area contributed by atoms with E-state index in [1.54, 1.807) is 6.20 Å². The topological polar surface area (TPSA) is 79.3 Å². The molecule has 0 unspecified atom stereocenters.